The van der Waals surface area contributed by atoms with Crippen molar-refractivity contribution >= 4 is 11.9 Å². The molecule has 1 aromatic carbocycles. The maximum absolute atomic E-state index is 10.8. The van der Waals surface area contributed by atoms with Crippen molar-refractivity contribution in [3.8, 4) is 17.2 Å². The first-order valence-corrected chi connectivity index (χ1v) is 4.95. The third kappa shape index (κ3) is 2.41. The van der Waals surface area contributed by atoms with Crippen LogP contribution in [-0.2, 0) is 4.79 Å². The van der Waals surface area contributed by atoms with E-state index in [9.17, 15) is 4.79 Å². The van der Waals surface area contributed by atoms with Gasteiger partial charge in [-0.2, -0.15) is 4.98 Å². The second kappa shape index (κ2) is 4.65. The van der Waals surface area contributed by atoms with Crippen molar-refractivity contribution in [2.24, 2.45) is 0 Å². The number of nitrogens with one attached hydrogen (secondary N) is 1. The summed E-state index contributed by atoms with van der Waals surface area (Å²) in [5, 5.41) is 6.07. The predicted molar refractivity (Wildman–Crippen MR) is 60.6 cm³/mol. The summed E-state index contributed by atoms with van der Waals surface area (Å²) in [6.07, 6.45) is 0. The number of carbonyl (C=O) groups excluding carboxylic acids is 1. The van der Waals surface area contributed by atoms with E-state index in [4.69, 9.17) is 9.26 Å². The van der Waals surface area contributed by atoms with Gasteiger partial charge in [-0.25, -0.2) is 0 Å². The molecule has 1 heterocycles. The van der Waals surface area contributed by atoms with Crippen LogP contribution in [0.3, 0.4) is 0 Å². The van der Waals surface area contributed by atoms with Gasteiger partial charge < -0.3 is 9.26 Å². The highest BCUT2D eigenvalue weighted by Crippen LogP contribution is 2.28. The number of amides is 1. The zero-order valence-corrected chi connectivity index (χ0v) is 9.43. The van der Waals surface area contributed by atoms with Crippen molar-refractivity contribution in [3.05, 3.63) is 24.3 Å². The number of nitrogens with zero attached hydrogens (tertiary/aromatic N) is 2. The zero-order valence-electron chi connectivity index (χ0n) is 9.43. The molecule has 6 nitrogen and oxygen atoms in total. The van der Waals surface area contributed by atoms with Gasteiger partial charge in [-0.1, -0.05) is 12.1 Å². The third-order valence-corrected chi connectivity index (χ3v) is 2.05. The molecule has 1 aromatic heterocycles. The van der Waals surface area contributed by atoms with E-state index in [-0.39, 0.29) is 11.9 Å². The van der Waals surface area contributed by atoms with Crippen LogP contribution in [0.25, 0.3) is 11.5 Å². The molecule has 0 aliphatic rings. The lowest BCUT2D eigenvalue weighted by Gasteiger charge is -2.02. The molecule has 0 spiro atoms. The molecule has 1 amide bonds. The van der Waals surface area contributed by atoms with Gasteiger partial charge in [0.1, 0.15) is 5.75 Å². The number of benzene rings is 1. The summed E-state index contributed by atoms with van der Waals surface area (Å²) in [6, 6.07) is 7.26. The fourth-order valence-electron chi connectivity index (χ4n) is 1.36. The van der Waals surface area contributed by atoms with Gasteiger partial charge in [-0.15, -0.1) is 0 Å². The average molecular weight is 233 g/mol. The van der Waals surface area contributed by atoms with E-state index in [1.165, 1.54) is 6.92 Å². The summed E-state index contributed by atoms with van der Waals surface area (Å²) >= 11 is 0. The SMILES string of the molecule is COc1ccccc1-c1nc(NC(C)=O)no1. The van der Waals surface area contributed by atoms with Crippen LogP contribution in [0.2, 0.25) is 0 Å². The molecule has 6 heteroatoms. The van der Waals surface area contributed by atoms with Crippen LogP contribution in [0, 0.1) is 0 Å². The quantitative estimate of drug-likeness (QED) is 0.873. The fraction of sp³-hybridized carbons (Fsp3) is 0.182. The Morgan fingerprint density at radius 1 is 1.41 bits per heavy atom. The molecule has 0 bridgehead atoms. The number of hydrogen-bond donors (Lipinski definition) is 1. The Labute approximate surface area is 97.6 Å². The monoisotopic (exact) mass is 233 g/mol. The van der Waals surface area contributed by atoms with Crippen LogP contribution in [0.5, 0.6) is 5.75 Å². The Hall–Kier alpha value is -2.37. The summed E-state index contributed by atoms with van der Waals surface area (Å²) in [6.45, 7) is 1.37. The first kappa shape index (κ1) is 11.1. The summed E-state index contributed by atoms with van der Waals surface area (Å²) < 4.78 is 10.2. The number of ether oxygens (including phenoxy) is 1. The summed E-state index contributed by atoms with van der Waals surface area (Å²) in [7, 11) is 1.56. The smallest absolute Gasteiger partial charge is 0.270 e. The topological polar surface area (TPSA) is 77.2 Å². The van der Waals surface area contributed by atoms with E-state index >= 15 is 0 Å². The molecule has 0 unspecified atom stereocenters. The maximum atomic E-state index is 10.8. The van der Waals surface area contributed by atoms with E-state index in [1.54, 1.807) is 19.2 Å². The van der Waals surface area contributed by atoms with Crippen molar-refractivity contribution in [1.82, 2.24) is 10.1 Å². The Kier molecular flexibility index (Phi) is 3.04. The van der Waals surface area contributed by atoms with E-state index in [0.29, 0.717) is 17.2 Å². The first-order valence-electron chi connectivity index (χ1n) is 4.95. The second-order valence-electron chi connectivity index (χ2n) is 3.30. The lowest BCUT2D eigenvalue weighted by atomic mass is 10.2. The summed E-state index contributed by atoms with van der Waals surface area (Å²) in [5.74, 6) is 0.813. The van der Waals surface area contributed by atoms with Crippen molar-refractivity contribution in [2.45, 2.75) is 6.92 Å². The van der Waals surface area contributed by atoms with E-state index in [2.05, 4.69) is 15.5 Å². The molecule has 0 atom stereocenters. The highest BCUT2D eigenvalue weighted by molar-refractivity contribution is 5.86. The van der Waals surface area contributed by atoms with Crippen LogP contribution in [-0.4, -0.2) is 23.2 Å². The van der Waals surface area contributed by atoms with Gasteiger partial charge >= 0.3 is 0 Å². The van der Waals surface area contributed by atoms with Gasteiger partial charge in [0.2, 0.25) is 5.91 Å². The van der Waals surface area contributed by atoms with Gasteiger partial charge in [-0.05, 0) is 17.3 Å². The number of anilines is 1. The molecule has 2 rings (SSSR count). The largest absolute Gasteiger partial charge is 0.496 e. The number of aromatic nitrogens is 2. The molecular weight excluding hydrogens is 222 g/mol. The second-order valence-corrected chi connectivity index (χ2v) is 3.30. The van der Waals surface area contributed by atoms with Crippen LogP contribution < -0.4 is 10.1 Å². The zero-order chi connectivity index (χ0) is 12.3. The van der Waals surface area contributed by atoms with Crippen molar-refractivity contribution in [3.63, 3.8) is 0 Å². The first-order chi connectivity index (χ1) is 8.20. The molecular formula is C11H11N3O3. The van der Waals surface area contributed by atoms with Gasteiger partial charge in [0.05, 0.1) is 12.7 Å². The summed E-state index contributed by atoms with van der Waals surface area (Å²) in [5.41, 5.74) is 0.680. The van der Waals surface area contributed by atoms with E-state index in [0.717, 1.165) is 0 Å². The maximum Gasteiger partial charge on any atom is 0.270 e. The van der Waals surface area contributed by atoms with Gasteiger partial charge in [0.15, 0.2) is 0 Å². The van der Waals surface area contributed by atoms with Crippen LogP contribution >= 0.6 is 0 Å². The predicted octanol–water partition coefficient (Wildman–Crippen LogP) is 1.70. The molecule has 1 N–H and O–H groups in total. The normalized spacial score (nSPS) is 10.0. The van der Waals surface area contributed by atoms with Gasteiger partial charge in [0.25, 0.3) is 11.8 Å². The van der Waals surface area contributed by atoms with Crippen molar-refractivity contribution in [1.29, 1.82) is 0 Å². The Morgan fingerprint density at radius 2 is 2.18 bits per heavy atom. The Morgan fingerprint density at radius 3 is 2.88 bits per heavy atom. The highest BCUT2D eigenvalue weighted by Gasteiger charge is 2.13. The highest BCUT2D eigenvalue weighted by atomic mass is 16.5. The minimum absolute atomic E-state index is 0.137. The minimum atomic E-state index is -0.252. The molecule has 17 heavy (non-hydrogen) atoms. The number of rotatable bonds is 3. The lowest BCUT2D eigenvalue weighted by molar-refractivity contribution is -0.114. The molecule has 0 aliphatic carbocycles. The standard InChI is InChI=1S/C11H11N3O3/c1-7(15)12-11-13-10(17-14-11)8-5-3-4-6-9(8)16-2/h3-6H,1-2H3,(H,12,14,15). The summed E-state index contributed by atoms with van der Waals surface area (Å²) in [4.78, 5) is 14.9. The van der Waals surface area contributed by atoms with Crippen molar-refractivity contribution in [2.75, 3.05) is 12.4 Å². The van der Waals surface area contributed by atoms with Gasteiger partial charge in [0, 0.05) is 6.92 Å². The number of methoxy groups -OCH3 is 1. The van der Waals surface area contributed by atoms with E-state index in [1.807, 2.05) is 12.1 Å². The lowest BCUT2D eigenvalue weighted by Crippen LogP contribution is -2.06. The van der Waals surface area contributed by atoms with Crippen molar-refractivity contribution < 1.29 is 14.1 Å². The Balaban J connectivity index is 2.33. The molecule has 88 valence electrons. The Bertz CT molecular complexity index is 536. The number of hydrogen-bond acceptors (Lipinski definition) is 5. The molecule has 0 radical (unpaired) electrons. The van der Waals surface area contributed by atoms with Crippen LogP contribution in [0.15, 0.2) is 28.8 Å². The fourth-order valence-corrected chi connectivity index (χ4v) is 1.36. The number of carbonyl (C=O) groups is 1. The van der Waals surface area contributed by atoms with Crippen LogP contribution in [0.4, 0.5) is 5.95 Å². The molecule has 0 fully saturated rings. The third-order valence-electron chi connectivity index (χ3n) is 2.05. The van der Waals surface area contributed by atoms with Gasteiger partial charge in [-0.3, -0.25) is 10.1 Å². The van der Waals surface area contributed by atoms with Crippen LogP contribution in [0.1, 0.15) is 6.92 Å². The molecule has 0 saturated heterocycles. The average Bonchev–Trinajstić information content (AvgIpc) is 2.76. The molecule has 2 aromatic rings. The molecule has 0 aliphatic heterocycles. The molecule has 0 saturated carbocycles. The minimum Gasteiger partial charge on any atom is -0.496 e. The number of para-hydroxylation sites is 1. The van der Waals surface area contributed by atoms with E-state index < -0.39 is 0 Å².